The van der Waals surface area contributed by atoms with Gasteiger partial charge in [-0.15, -0.1) is 0 Å². The molecule has 4 rings (SSSR count). The minimum absolute atomic E-state index is 0.179. The number of anilines is 1. The Labute approximate surface area is 155 Å². The summed E-state index contributed by atoms with van der Waals surface area (Å²) in [7, 11) is 0. The number of nitrogens with one attached hydrogen (secondary N) is 1. The maximum absolute atomic E-state index is 12.0. The van der Waals surface area contributed by atoms with Crippen molar-refractivity contribution in [3.63, 3.8) is 0 Å². The lowest BCUT2D eigenvalue weighted by Gasteiger charge is -2.32. The van der Waals surface area contributed by atoms with Crippen LogP contribution in [0, 0.1) is 6.92 Å². The highest BCUT2D eigenvalue weighted by atomic mass is 16.5. The number of nitrogens with zero attached hydrogens (tertiary/aromatic N) is 4. The lowest BCUT2D eigenvalue weighted by Crippen LogP contribution is -2.42. The van der Waals surface area contributed by atoms with Crippen molar-refractivity contribution < 1.29 is 9.53 Å². The van der Waals surface area contributed by atoms with Crippen molar-refractivity contribution in [3.05, 3.63) is 17.6 Å². The van der Waals surface area contributed by atoms with E-state index in [4.69, 9.17) is 9.72 Å². The molecule has 1 saturated carbocycles. The molecule has 0 bridgehead atoms. The number of aryl methyl sites for hydroxylation is 1. The molecule has 26 heavy (non-hydrogen) atoms. The Hall–Kier alpha value is -1.73. The standard InChI is InChI=1S/C19H29N5O2/c1-14-20-17(12-18(21-14)24-8-10-26-11-9-24)15-4-6-23(7-5-15)13-19(25)22-16-2-3-16/h12,15-16H,2-11,13H2,1H3,(H,22,25). The maximum Gasteiger partial charge on any atom is 0.234 e. The number of morpholine rings is 1. The van der Waals surface area contributed by atoms with Gasteiger partial charge in [-0.2, -0.15) is 0 Å². The zero-order chi connectivity index (χ0) is 17.9. The van der Waals surface area contributed by atoms with E-state index in [2.05, 4.69) is 26.2 Å². The zero-order valence-corrected chi connectivity index (χ0v) is 15.6. The summed E-state index contributed by atoms with van der Waals surface area (Å²) in [6.07, 6.45) is 4.39. The predicted molar refractivity (Wildman–Crippen MR) is 99.4 cm³/mol. The van der Waals surface area contributed by atoms with Gasteiger partial charge in [0.25, 0.3) is 0 Å². The summed E-state index contributed by atoms with van der Waals surface area (Å²) in [5, 5.41) is 3.08. The molecule has 142 valence electrons. The first-order chi connectivity index (χ1) is 12.7. The second kappa shape index (κ2) is 7.88. The Morgan fingerprint density at radius 1 is 1.15 bits per heavy atom. The number of hydrogen-bond donors (Lipinski definition) is 1. The van der Waals surface area contributed by atoms with E-state index in [0.29, 0.717) is 18.5 Å². The van der Waals surface area contributed by atoms with Crippen LogP contribution < -0.4 is 10.2 Å². The summed E-state index contributed by atoms with van der Waals surface area (Å²) < 4.78 is 5.45. The van der Waals surface area contributed by atoms with E-state index >= 15 is 0 Å². The van der Waals surface area contributed by atoms with E-state index in [-0.39, 0.29) is 5.91 Å². The lowest BCUT2D eigenvalue weighted by molar-refractivity contribution is -0.122. The molecule has 7 heteroatoms. The fourth-order valence-corrected chi connectivity index (χ4v) is 3.83. The Bertz CT molecular complexity index is 635. The summed E-state index contributed by atoms with van der Waals surface area (Å²) in [4.78, 5) is 25.9. The average molecular weight is 359 g/mol. The zero-order valence-electron chi connectivity index (χ0n) is 15.6. The lowest BCUT2D eigenvalue weighted by atomic mass is 9.93. The quantitative estimate of drug-likeness (QED) is 0.848. The molecular formula is C19H29N5O2. The smallest absolute Gasteiger partial charge is 0.234 e. The Morgan fingerprint density at radius 2 is 1.88 bits per heavy atom. The molecule has 1 aliphatic carbocycles. The van der Waals surface area contributed by atoms with Crippen molar-refractivity contribution in [2.75, 3.05) is 50.8 Å². The van der Waals surface area contributed by atoms with Crippen molar-refractivity contribution in [1.82, 2.24) is 20.2 Å². The van der Waals surface area contributed by atoms with Crippen molar-refractivity contribution in [2.45, 2.75) is 44.6 Å². The van der Waals surface area contributed by atoms with Crippen molar-refractivity contribution in [1.29, 1.82) is 0 Å². The van der Waals surface area contributed by atoms with Crippen LogP contribution >= 0.6 is 0 Å². The normalized spacial score (nSPS) is 22.4. The molecule has 1 N–H and O–H groups in total. The third kappa shape index (κ3) is 4.51. The number of carbonyl (C=O) groups is 1. The second-order valence-electron chi connectivity index (χ2n) is 7.69. The highest BCUT2D eigenvalue weighted by molar-refractivity contribution is 5.78. The number of aromatic nitrogens is 2. The molecule has 3 aliphatic rings. The fourth-order valence-electron chi connectivity index (χ4n) is 3.83. The highest BCUT2D eigenvalue weighted by Gasteiger charge is 2.27. The molecule has 1 aromatic heterocycles. The van der Waals surface area contributed by atoms with Gasteiger partial charge >= 0.3 is 0 Å². The fraction of sp³-hybridized carbons (Fsp3) is 0.737. The third-order valence-electron chi connectivity index (χ3n) is 5.49. The molecule has 0 radical (unpaired) electrons. The first-order valence-electron chi connectivity index (χ1n) is 9.87. The number of piperidine rings is 1. The van der Waals surface area contributed by atoms with Gasteiger partial charge in [-0.25, -0.2) is 9.97 Å². The maximum atomic E-state index is 12.0. The van der Waals surface area contributed by atoms with Gasteiger partial charge in [0.2, 0.25) is 5.91 Å². The molecule has 0 spiro atoms. The van der Waals surface area contributed by atoms with Gasteiger partial charge in [0.1, 0.15) is 11.6 Å². The largest absolute Gasteiger partial charge is 0.378 e. The summed E-state index contributed by atoms with van der Waals surface area (Å²) in [6, 6.07) is 2.61. The van der Waals surface area contributed by atoms with Crippen LogP contribution in [0.4, 0.5) is 5.82 Å². The highest BCUT2D eigenvalue weighted by Crippen LogP contribution is 2.29. The van der Waals surface area contributed by atoms with Crippen molar-refractivity contribution in [3.8, 4) is 0 Å². The van der Waals surface area contributed by atoms with Crippen LogP contribution in [0.1, 0.15) is 43.1 Å². The molecule has 0 unspecified atom stereocenters. The van der Waals surface area contributed by atoms with Gasteiger partial charge < -0.3 is 15.0 Å². The molecule has 0 aromatic carbocycles. The molecule has 2 aliphatic heterocycles. The van der Waals surface area contributed by atoms with Crippen LogP contribution in [0.25, 0.3) is 0 Å². The molecule has 1 aromatic rings. The van der Waals surface area contributed by atoms with Crippen LogP contribution in [0.2, 0.25) is 0 Å². The van der Waals surface area contributed by atoms with E-state index in [1.165, 1.54) is 0 Å². The van der Waals surface area contributed by atoms with Crippen LogP contribution in [-0.4, -0.2) is 72.8 Å². The second-order valence-corrected chi connectivity index (χ2v) is 7.69. The topological polar surface area (TPSA) is 70.6 Å². The van der Waals surface area contributed by atoms with Crippen molar-refractivity contribution in [2.24, 2.45) is 0 Å². The average Bonchev–Trinajstić information content (AvgIpc) is 3.46. The first kappa shape index (κ1) is 17.7. The summed E-state index contributed by atoms with van der Waals surface area (Å²) in [5.41, 5.74) is 1.15. The van der Waals surface area contributed by atoms with Gasteiger partial charge in [0, 0.05) is 36.8 Å². The number of rotatable bonds is 5. The minimum Gasteiger partial charge on any atom is -0.378 e. The summed E-state index contributed by atoms with van der Waals surface area (Å²) >= 11 is 0. The van der Waals surface area contributed by atoms with Gasteiger partial charge in [-0.05, 0) is 45.7 Å². The van der Waals surface area contributed by atoms with Crippen LogP contribution in [-0.2, 0) is 9.53 Å². The molecular weight excluding hydrogens is 330 g/mol. The van der Waals surface area contributed by atoms with Crippen LogP contribution in [0.15, 0.2) is 6.07 Å². The molecule has 2 saturated heterocycles. The van der Waals surface area contributed by atoms with Gasteiger partial charge in [0.05, 0.1) is 19.8 Å². The monoisotopic (exact) mass is 359 g/mol. The first-order valence-corrected chi connectivity index (χ1v) is 9.87. The number of hydrogen-bond acceptors (Lipinski definition) is 6. The number of amides is 1. The molecule has 3 fully saturated rings. The van der Waals surface area contributed by atoms with E-state index < -0.39 is 0 Å². The molecule has 7 nitrogen and oxygen atoms in total. The predicted octanol–water partition coefficient (Wildman–Crippen LogP) is 1.08. The van der Waals surface area contributed by atoms with Crippen LogP contribution in [0.3, 0.4) is 0 Å². The third-order valence-corrected chi connectivity index (χ3v) is 5.49. The number of ether oxygens (including phenoxy) is 1. The minimum atomic E-state index is 0.179. The van der Waals surface area contributed by atoms with Crippen molar-refractivity contribution >= 4 is 11.7 Å². The molecule has 3 heterocycles. The SMILES string of the molecule is Cc1nc(C2CCN(CC(=O)NC3CC3)CC2)cc(N2CCOCC2)n1. The molecule has 1 amide bonds. The summed E-state index contributed by atoms with van der Waals surface area (Å²) in [6.45, 7) is 7.74. The van der Waals surface area contributed by atoms with E-state index in [0.717, 1.165) is 82.4 Å². The molecule has 0 atom stereocenters. The number of likely N-dealkylation sites (tertiary alicyclic amines) is 1. The Balaban J connectivity index is 1.34. The van der Waals surface area contributed by atoms with E-state index in [1.54, 1.807) is 0 Å². The number of carbonyl (C=O) groups excluding carboxylic acids is 1. The summed E-state index contributed by atoms with van der Waals surface area (Å²) in [5.74, 6) is 2.51. The van der Waals surface area contributed by atoms with Crippen LogP contribution in [0.5, 0.6) is 0 Å². The van der Waals surface area contributed by atoms with Gasteiger partial charge in [-0.1, -0.05) is 0 Å². The van der Waals surface area contributed by atoms with E-state index in [1.807, 2.05) is 6.92 Å². The van der Waals surface area contributed by atoms with Gasteiger partial charge in [-0.3, -0.25) is 9.69 Å². The van der Waals surface area contributed by atoms with E-state index in [9.17, 15) is 4.79 Å². The Morgan fingerprint density at radius 3 is 2.58 bits per heavy atom. The van der Waals surface area contributed by atoms with Gasteiger partial charge in [0.15, 0.2) is 0 Å². The Kier molecular flexibility index (Phi) is 5.36.